The van der Waals surface area contributed by atoms with Gasteiger partial charge in [0.2, 0.25) is 0 Å². The van der Waals surface area contributed by atoms with Crippen LogP contribution in [0.25, 0.3) is 10.9 Å². The van der Waals surface area contributed by atoms with Gasteiger partial charge in [0.05, 0.1) is 17.7 Å². The Morgan fingerprint density at radius 1 is 1.38 bits per heavy atom. The fourth-order valence-electron chi connectivity index (χ4n) is 3.72. The molecule has 1 N–H and O–H groups in total. The minimum absolute atomic E-state index is 0.0257. The lowest BCUT2D eigenvalue weighted by Crippen LogP contribution is -2.37. The van der Waals surface area contributed by atoms with Crippen molar-refractivity contribution in [2.75, 3.05) is 19.7 Å². The lowest BCUT2D eigenvalue weighted by atomic mass is 9.77. The second kappa shape index (κ2) is 6.17. The summed E-state index contributed by atoms with van der Waals surface area (Å²) in [7, 11) is 0. The van der Waals surface area contributed by atoms with Crippen LogP contribution in [-0.2, 0) is 0 Å². The van der Waals surface area contributed by atoms with E-state index in [1.807, 2.05) is 30.9 Å². The third kappa shape index (κ3) is 2.69. The third-order valence-electron chi connectivity index (χ3n) is 5.65. The Balaban J connectivity index is 2.00. The van der Waals surface area contributed by atoms with Crippen LogP contribution in [0.15, 0.2) is 24.4 Å². The highest BCUT2D eigenvalue weighted by atomic mass is 16.3. The Morgan fingerprint density at radius 3 is 2.75 bits per heavy atom. The normalized spacial score (nSPS) is 21.0. The predicted octanol–water partition coefficient (Wildman–Crippen LogP) is 3.33. The lowest BCUT2D eigenvalue weighted by molar-refractivity contribution is 0.0652. The van der Waals surface area contributed by atoms with Gasteiger partial charge in [-0.25, -0.2) is 0 Å². The number of aryl methyl sites for hydroxylation is 2. The van der Waals surface area contributed by atoms with Crippen molar-refractivity contribution in [3.8, 4) is 0 Å². The van der Waals surface area contributed by atoms with Gasteiger partial charge in [0.1, 0.15) is 0 Å². The number of rotatable bonds is 3. The molecule has 0 bridgehead atoms. The molecular weight excluding hydrogens is 300 g/mol. The molecule has 1 fully saturated rings. The number of benzene rings is 1. The van der Waals surface area contributed by atoms with Gasteiger partial charge in [-0.05, 0) is 55.5 Å². The second-order valence-electron chi connectivity index (χ2n) is 7.49. The zero-order valence-electron chi connectivity index (χ0n) is 15.0. The van der Waals surface area contributed by atoms with Gasteiger partial charge in [0, 0.05) is 30.1 Å². The van der Waals surface area contributed by atoms with E-state index in [2.05, 4.69) is 24.9 Å². The van der Waals surface area contributed by atoms with Gasteiger partial charge in [-0.3, -0.25) is 9.78 Å². The predicted molar refractivity (Wildman–Crippen MR) is 96.1 cm³/mol. The summed E-state index contributed by atoms with van der Waals surface area (Å²) in [4.78, 5) is 19.5. The van der Waals surface area contributed by atoms with Crippen molar-refractivity contribution in [3.05, 3.63) is 41.1 Å². The molecule has 1 saturated heterocycles. The Hall–Kier alpha value is -1.94. The Morgan fingerprint density at radius 2 is 2.12 bits per heavy atom. The fraction of sp³-hybridized carbons (Fsp3) is 0.500. The lowest BCUT2D eigenvalue weighted by Gasteiger charge is -2.31. The van der Waals surface area contributed by atoms with Crippen LogP contribution in [0.1, 0.15) is 41.8 Å². The van der Waals surface area contributed by atoms with Crippen LogP contribution in [0.3, 0.4) is 0 Å². The van der Waals surface area contributed by atoms with E-state index < -0.39 is 0 Å². The highest BCUT2D eigenvalue weighted by molar-refractivity contribution is 6.06. The summed E-state index contributed by atoms with van der Waals surface area (Å²) in [6.07, 6.45) is 2.61. The van der Waals surface area contributed by atoms with Crippen molar-refractivity contribution in [2.24, 2.45) is 11.3 Å². The Kier molecular flexibility index (Phi) is 4.35. The summed E-state index contributed by atoms with van der Waals surface area (Å²) in [5.74, 6) is 0.368. The van der Waals surface area contributed by atoms with E-state index in [-0.39, 0.29) is 17.9 Å². The first-order valence-corrected chi connectivity index (χ1v) is 8.64. The van der Waals surface area contributed by atoms with Crippen molar-refractivity contribution in [1.29, 1.82) is 0 Å². The number of nitrogens with zero attached hydrogens (tertiary/aromatic N) is 2. The minimum Gasteiger partial charge on any atom is -0.396 e. The number of amides is 1. The molecule has 4 heteroatoms. The average Bonchev–Trinajstić information content (AvgIpc) is 3.00. The second-order valence-corrected chi connectivity index (χ2v) is 7.49. The molecule has 2 aromatic rings. The summed E-state index contributed by atoms with van der Waals surface area (Å²) < 4.78 is 0. The van der Waals surface area contributed by atoms with Gasteiger partial charge in [0.25, 0.3) is 5.91 Å². The number of aromatic nitrogens is 1. The molecule has 1 aromatic carbocycles. The fourth-order valence-corrected chi connectivity index (χ4v) is 3.72. The van der Waals surface area contributed by atoms with Crippen LogP contribution in [0.2, 0.25) is 0 Å². The Labute approximate surface area is 143 Å². The van der Waals surface area contributed by atoms with Crippen molar-refractivity contribution in [1.82, 2.24) is 9.88 Å². The molecule has 2 heterocycles. The molecule has 1 aliphatic rings. The van der Waals surface area contributed by atoms with Crippen LogP contribution in [0, 0.1) is 25.2 Å². The molecule has 1 unspecified atom stereocenters. The molecule has 24 heavy (non-hydrogen) atoms. The van der Waals surface area contributed by atoms with E-state index in [4.69, 9.17) is 0 Å². The maximum Gasteiger partial charge on any atom is 0.256 e. The standard InChI is InChI=1S/C20H26N2O2/c1-13(2)20(12-23)6-8-22(11-20)19(24)17-10-14(3)9-16-15(4)5-7-21-18(16)17/h5,7,9-10,13,23H,6,8,11-12H2,1-4H3. The summed E-state index contributed by atoms with van der Waals surface area (Å²) >= 11 is 0. The van der Waals surface area contributed by atoms with Gasteiger partial charge in [-0.2, -0.15) is 0 Å². The number of pyridine rings is 1. The average molecular weight is 326 g/mol. The van der Waals surface area contributed by atoms with Gasteiger partial charge in [-0.15, -0.1) is 0 Å². The SMILES string of the molecule is Cc1cc(C(=O)N2CCC(CO)(C(C)C)C2)c2nccc(C)c2c1. The van der Waals surface area contributed by atoms with Crippen molar-refractivity contribution < 1.29 is 9.90 Å². The molecule has 1 atom stereocenters. The summed E-state index contributed by atoms with van der Waals surface area (Å²) in [6.45, 7) is 9.73. The van der Waals surface area contributed by atoms with Gasteiger partial charge in [0.15, 0.2) is 0 Å². The van der Waals surface area contributed by atoms with E-state index in [0.29, 0.717) is 24.6 Å². The molecular formula is C20H26N2O2. The van der Waals surface area contributed by atoms with Crippen LogP contribution in [0.5, 0.6) is 0 Å². The van der Waals surface area contributed by atoms with E-state index in [1.165, 1.54) is 0 Å². The largest absolute Gasteiger partial charge is 0.396 e. The van der Waals surface area contributed by atoms with Crippen LogP contribution in [-0.4, -0.2) is 40.6 Å². The zero-order valence-corrected chi connectivity index (χ0v) is 15.0. The molecule has 1 aliphatic heterocycles. The maximum atomic E-state index is 13.2. The van der Waals surface area contributed by atoms with Crippen LogP contribution in [0.4, 0.5) is 0 Å². The van der Waals surface area contributed by atoms with E-state index in [9.17, 15) is 9.90 Å². The summed E-state index contributed by atoms with van der Waals surface area (Å²) in [5.41, 5.74) is 3.46. The smallest absolute Gasteiger partial charge is 0.256 e. The summed E-state index contributed by atoms with van der Waals surface area (Å²) in [6, 6.07) is 6.00. The van der Waals surface area contributed by atoms with E-state index >= 15 is 0 Å². The first-order chi connectivity index (χ1) is 11.4. The number of aliphatic hydroxyl groups excluding tert-OH is 1. The van der Waals surface area contributed by atoms with Crippen molar-refractivity contribution in [3.63, 3.8) is 0 Å². The van der Waals surface area contributed by atoms with Gasteiger partial charge < -0.3 is 10.0 Å². The monoisotopic (exact) mass is 326 g/mol. The Bertz CT molecular complexity index is 785. The number of hydrogen-bond donors (Lipinski definition) is 1. The van der Waals surface area contributed by atoms with E-state index in [0.717, 1.165) is 28.5 Å². The number of hydrogen-bond acceptors (Lipinski definition) is 3. The number of fused-ring (bicyclic) bond motifs is 1. The molecule has 1 aromatic heterocycles. The van der Waals surface area contributed by atoms with Crippen LogP contribution < -0.4 is 0 Å². The quantitative estimate of drug-likeness (QED) is 0.941. The molecule has 0 radical (unpaired) electrons. The molecule has 4 nitrogen and oxygen atoms in total. The van der Waals surface area contributed by atoms with Gasteiger partial charge in [-0.1, -0.05) is 13.8 Å². The third-order valence-corrected chi connectivity index (χ3v) is 5.65. The molecule has 0 saturated carbocycles. The minimum atomic E-state index is -0.182. The van der Waals surface area contributed by atoms with Gasteiger partial charge >= 0.3 is 0 Å². The maximum absolute atomic E-state index is 13.2. The number of aliphatic hydroxyl groups is 1. The molecule has 0 aliphatic carbocycles. The summed E-state index contributed by atoms with van der Waals surface area (Å²) in [5, 5.41) is 10.9. The number of likely N-dealkylation sites (tertiary alicyclic amines) is 1. The molecule has 3 rings (SSSR count). The van der Waals surface area contributed by atoms with Crippen molar-refractivity contribution in [2.45, 2.75) is 34.1 Å². The van der Waals surface area contributed by atoms with Crippen molar-refractivity contribution >= 4 is 16.8 Å². The number of carbonyl (C=O) groups is 1. The molecule has 128 valence electrons. The van der Waals surface area contributed by atoms with Crippen LogP contribution >= 0.6 is 0 Å². The number of carbonyl (C=O) groups excluding carboxylic acids is 1. The highest BCUT2D eigenvalue weighted by Gasteiger charge is 2.42. The zero-order chi connectivity index (χ0) is 17.5. The van der Waals surface area contributed by atoms with E-state index in [1.54, 1.807) is 6.20 Å². The molecule has 0 spiro atoms. The first kappa shape index (κ1) is 16.9. The topological polar surface area (TPSA) is 53.4 Å². The first-order valence-electron chi connectivity index (χ1n) is 8.64. The molecule has 1 amide bonds. The highest BCUT2D eigenvalue weighted by Crippen LogP contribution is 2.38.